The number of hydrogen-bond acceptors (Lipinski definition) is 0. The minimum absolute atomic E-state index is 0.567. The van der Waals surface area contributed by atoms with Crippen molar-refractivity contribution >= 4 is 0 Å². The molecule has 1 atom stereocenters. The summed E-state index contributed by atoms with van der Waals surface area (Å²) in [6, 6.07) is 10.5. The van der Waals surface area contributed by atoms with Gasteiger partial charge in [0.15, 0.2) is 0 Å². The molecule has 0 amide bonds. The van der Waals surface area contributed by atoms with E-state index in [1.54, 1.807) is 0 Å². The van der Waals surface area contributed by atoms with Gasteiger partial charge < -0.3 is 0 Å². The first-order chi connectivity index (χ1) is 5.33. The first kappa shape index (κ1) is 8.32. The third kappa shape index (κ3) is 2.75. The molecular formula is C11H14. The third-order valence-electron chi connectivity index (χ3n) is 1.88. The van der Waals surface area contributed by atoms with Crippen LogP contribution in [0, 0.1) is 12.3 Å². The maximum absolute atomic E-state index is 3.21. The molecule has 0 heterocycles. The predicted molar refractivity (Wildman–Crippen MR) is 48.2 cm³/mol. The van der Waals surface area contributed by atoms with E-state index in [9.17, 15) is 0 Å². The van der Waals surface area contributed by atoms with E-state index in [0.717, 1.165) is 6.42 Å². The topological polar surface area (TPSA) is 0 Å². The molecule has 0 aliphatic rings. The fourth-order valence-electron chi connectivity index (χ4n) is 1.07. The summed E-state index contributed by atoms with van der Waals surface area (Å²) in [4.78, 5) is 0. The van der Waals surface area contributed by atoms with E-state index in [1.807, 2.05) is 13.0 Å². The summed E-state index contributed by atoms with van der Waals surface area (Å²) in [6.07, 6.45) is 4.32. The lowest BCUT2D eigenvalue weighted by molar-refractivity contribution is 0.671. The molecule has 0 saturated heterocycles. The molecule has 0 heteroatoms. The average molecular weight is 146 g/mol. The second-order valence-electron chi connectivity index (χ2n) is 2.88. The van der Waals surface area contributed by atoms with Crippen LogP contribution in [0.25, 0.3) is 0 Å². The van der Waals surface area contributed by atoms with Crippen LogP contribution >= 0.6 is 0 Å². The molecule has 0 bridgehead atoms. The predicted octanol–water partition coefficient (Wildman–Crippen LogP) is 2.97. The van der Waals surface area contributed by atoms with Crippen molar-refractivity contribution in [3.8, 4) is 0 Å². The van der Waals surface area contributed by atoms with Crippen LogP contribution in [-0.4, -0.2) is 0 Å². The van der Waals surface area contributed by atoms with Crippen molar-refractivity contribution in [2.75, 3.05) is 0 Å². The lowest BCUT2D eigenvalue weighted by Crippen LogP contribution is -1.97. The highest BCUT2D eigenvalue weighted by atomic mass is 14.0. The first-order valence-electron chi connectivity index (χ1n) is 4.04. The van der Waals surface area contributed by atoms with Gasteiger partial charge in [-0.05, 0) is 24.3 Å². The largest absolute Gasteiger partial charge is 0.0622 e. The van der Waals surface area contributed by atoms with Gasteiger partial charge in [-0.3, -0.25) is 0 Å². The molecule has 1 aromatic carbocycles. The lowest BCUT2D eigenvalue weighted by atomic mass is 9.99. The van der Waals surface area contributed by atoms with Gasteiger partial charge in [0.25, 0.3) is 0 Å². The van der Waals surface area contributed by atoms with Crippen molar-refractivity contribution in [2.45, 2.75) is 20.3 Å². The Hall–Kier alpha value is -0.780. The fourth-order valence-corrected chi connectivity index (χ4v) is 1.07. The van der Waals surface area contributed by atoms with E-state index in [1.165, 1.54) is 5.56 Å². The van der Waals surface area contributed by atoms with Crippen LogP contribution in [-0.2, 0) is 6.42 Å². The van der Waals surface area contributed by atoms with Crippen molar-refractivity contribution in [3.63, 3.8) is 0 Å². The summed E-state index contributed by atoms with van der Waals surface area (Å²) in [5, 5.41) is 0. The summed E-state index contributed by atoms with van der Waals surface area (Å²) in [5.41, 5.74) is 1.40. The summed E-state index contributed by atoms with van der Waals surface area (Å²) < 4.78 is 0. The number of rotatable bonds is 3. The van der Waals surface area contributed by atoms with Gasteiger partial charge in [0.1, 0.15) is 0 Å². The minimum Gasteiger partial charge on any atom is -0.0622 e. The average Bonchev–Trinajstić information content (AvgIpc) is 2.06. The molecule has 11 heavy (non-hydrogen) atoms. The maximum Gasteiger partial charge on any atom is -0.0173 e. The van der Waals surface area contributed by atoms with E-state index in [4.69, 9.17) is 0 Å². The minimum atomic E-state index is 0.567. The van der Waals surface area contributed by atoms with Crippen LogP contribution in [0.3, 0.4) is 0 Å². The second-order valence-corrected chi connectivity index (χ2v) is 2.88. The summed E-state index contributed by atoms with van der Waals surface area (Å²) >= 11 is 0. The molecule has 0 N–H and O–H groups in total. The summed E-state index contributed by atoms with van der Waals surface area (Å²) in [6.45, 7) is 4.18. The summed E-state index contributed by atoms with van der Waals surface area (Å²) in [7, 11) is 0. The van der Waals surface area contributed by atoms with Crippen LogP contribution in [0.4, 0.5) is 0 Å². The molecule has 0 spiro atoms. The normalized spacial score (nSPS) is 12.9. The third-order valence-corrected chi connectivity index (χ3v) is 1.88. The molecule has 1 unspecified atom stereocenters. The molecule has 1 rings (SSSR count). The molecule has 1 aromatic rings. The van der Waals surface area contributed by atoms with E-state index < -0.39 is 0 Å². The van der Waals surface area contributed by atoms with Crippen LogP contribution in [0.5, 0.6) is 0 Å². The summed E-state index contributed by atoms with van der Waals surface area (Å²) in [5.74, 6) is 0.567. The van der Waals surface area contributed by atoms with Crippen molar-refractivity contribution in [2.24, 2.45) is 5.92 Å². The van der Waals surface area contributed by atoms with Gasteiger partial charge in [-0.1, -0.05) is 44.2 Å². The Labute approximate surface area is 69.3 Å². The zero-order chi connectivity index (χ0) is 8.10. The number of hydrogen-bond donors (Lipinski definition) is 0. The molecule has 58 valence electrons. The molecule has 0 aliphatic heterocycles. The first-order valence-corrected chi connectivity index (χ1v) is 4.04. The maximum atomic E-state index is 3.21. The monoisotopic (exact) mass is 146 g/mol. The molecular weight excluding hydrogens is 132 g/mol. The van der Waals surface area contributed by atoms with E-state index >= 15 is 0 Å². The highest BCUT2D eigenvalue weighted by molar-refractivity contribution is 5.15. The van der Waals surface area contributed by atoms with Gasteiger partial charge in [0.05, 0.1) is 0 Å². The standard InChI is InChI=1S/C11H14/c1-3-10(2)9-11-7-5-4-6-8-11/h4-8,10H,9H2,1-2H3. The smallest absolute Gasteiger partial charge is 0.0173 e. The molecule has 0 fully saturated rings. The lowest BCUT2D eigenvalue weighted by Gasteiger charge is -2.06. The van der Waals surface area contributed by atoms with Crippen molar-refractivity contribution in [3.05, 3.63) is 42.3 Å². The van der Waals surface area contributed by atoms with Crippen molar-refractivity contribution in [1.82, 2.24) is 0 Å². The molecule has 0 saturated carbocycles. The van der Waals surface area contributed by atoms with Crippen LogP contribution in [0.1, 0.15) is 19.4 Å². The van der Waals surface area contributed by atoms with E-state index in [-0.39, 0.29) is 0 Å². The SMILES string of the molecule is C[C]C(C)Cc1ccccc1. The van der Waals surface area contributed by atoms with E-state index in [0.29, 0.717) is 5.92 Å². The van der Waals surface area contributed by atoms with Gasteiger partial charge in [-0.25, -0.2) is 0 Å². The Morgan fingerprint density at radius 2 is 1.91 bits per heavy atom. The van der Waals surface area contributed by atoms with Crippen LogP contribution in [0.15, 0.2) is 30.3 Å². The van der Waals surface area contributed by atoms with Crippen molar-refractivity contribution < 1.29 is 0 Å². The van der Waals surface area contributed by atoms with E-state index in [2.05, 4.69) is 37.6 Å². The van der Waals surface area contributed by atoms with Gasteiger partial charge in [0.2, 0.25) is 0 Å². The highest BCUT2D eigenvalue weighted by Gasteiger charge is 1.99. The quantitative estimate of drug-likeness (QED) is 0.615. The Kier molecular flexibility index (Phi) is 3.15. The van der Waals surface area contributed by atoms with Gasteiger partial charge in [-0.15, -0.1) is 0 Å². The van der Waals surface area contributed by atoms with Gasteiger partial charge in [0, 0.05) is 0 Å². The second kappa shape index (κ2) is 4.17. The van der Waals surface area contributed by atoms with Gasteiger partial charge >= 0.3 is 0 Å². The highest BCUT2D eigenvalue weighted by Crippen LogP contribution is 2.09. The molecule has 2 radical (unpaired) electrons. The Morgan fingerprint density at radius 1 is 1.27 bits per heavy atom. The van der Waals surface area contributed by atoms with Crippen molar-refractivity contribution in [1.29, 1.82) is 0 Å². The van der Waals surface area contributed by atoms with Gasteiger partial charge in [-0.2, -0.15) is 0 Å². The molecule has 0 nitrogen and oxygen atoms in total. The Bertz CT molecular complexity index is 188. The van der Waals surface area contributed by atoms with Crippen LogP contribution in [0.2, 0.25) is 0 Å². The zero-order valence-electron chi connectivity index (χ0n) is 7.17. The Balaban J connectivity index is 2.51. The fraction of sp³-hybridized carbons (Fsp3) is 0.364. The Morgan fingerprint density at radius 3 is 2.45 bits per heavy atom. The molecule has 0 aromatic heterocycles. The molecule has 0 aliphatic carbocycles. The van der Waals surface area contributed by atoms with Crippen LogP contribution < -0.4 is 0 Å². The number of benzene rings is 1. The zero-order valence-corrected chi connectivity index (χ0v) is 7.17.